The highest BCUT2D eigenvalue weighted by molar-refractivity contribution is 6.31. The van der Waals surface area contributed by atoms with Crippen LogP contribution in [-0.4, -0.2) is 40.6 Å². The van der Waals surface area contributed by atoms with Crippen LogP contribution in [0, 0.1) is 5.41 Å². The number of aromatic nitrogens is 2. The molecule has 2 aliphatic rings. The van der Waals surface area contributed by atoms with Crippen LogP contribution in [0.15, 0.2) is 18.2 Å². The van der Waals surface area contributed by atoms with Gasteiger partial charge in [-0.15, -0.1) is 12.4 Å². The van der Waals surface area contributed by atoms with Gasteiger partial charge in [0.1, 0.15) is 5.82 Å². The van der Waals surface area contributed by atoms with Gasteiger partial charge >= 0.3 is 0 Å². The van der Waals surface area contributed by atoms with Gasteiger partial charge in [0, 0.05) is 18.6 Å². The van der Waals surface area contributed by atoms with Gasteiger partial charge in [0.15, 0.2) is 0 Å². The average molecular weight is 355 g/mol. The topological polar surface area (TPSA) is 33.1 Å². The number of hydrogen-bond acceptors (Lipinski definition) is 3. The predicted molar refractivity (Wildman–Crippen MR) is 97.4 cm³/mol. The van der Waals surface area contributed by atoms with Crippen LogP contribution in [0.3, 0.4) is 0 Å². The van der Waals surface area contributed by atoms with Crippen molar-refractivity contribution in [2.75, 3.05) is 26.2 Å². The molecule has 4 rings (SSSR count). The zero-order chi connectivity index (χ0) is 15.2. The quantitative estimate of drug-likeness (QED) is 0.898. The van der Waals surface area contributed by atoms with Crippen LogP contribution in [0.5, 0.6) is 0 Å². The minimum absolute atomic E-state index is 0. The third-order valence-electron chi connectivity index (χ3n) is 5.48. The zero-order valence-corrected chi connectivity index (χ0v) is 15.1. The van der Waals surface area contributed by atoms with Gasteiger partial charge in [0.25, 0.3) is 0 Å². The summed E-state index contributed by atoms with van der Waals surface area (Å²) in [5, 5.41) is 4.26. The summed E-state index contributed by atoms with van der Waals surface area (Å²) in [5.74, 6) is 1.14. The summed E-state index contributed by atoms with van der Waals surface area (Å²) < 4.78 is 2.19. The van der Waals surface area contributed by atoms with Gasteiger partial charge in [-0.25, -0.2) is 4.98 Å². The molecule has 4 nitrogen and oxygen atoms in total. The van der Waals surface area contributed by atoms with Crippen LogP contribution in [0.2, 0.25) is 5.02 Å². The highest BCUT2D eigenvalue weighted by Gasteiger charge is 2.38. The van der Waals surface area contributed by atoms with E-state index >= 15 is 0 Å². The molecule has 2 fully saturated rings. The molecule has 3 heterocycles. The van der Waals surface area contributed by atoms with Gasteiger partial charge in [-0.1, -0.05) is 11.6 Å². The summed E-state index contributed by atoms with van der Waals surface area (Å²) in [7, 11) is 2.09. The lowest BCUT2D eigenvalue weighted by Crippen LogP contribution is -2.38. The molecular weight excluding hydrogens is 331 g/mol. The molecule has 1 N–H and O–H groups in total. The van der Waals surface area contributed by atoms with Gasteiger partial charge in [-0.3, -0.25) is 4.90 Å². The molecule has 0 atom stereocenters. The SMILES string of the molecule is Cl.Cn1c(CN2CCC3(CCNCC3)C2)nc2ccc(Cl)cc21. The minimum atomic E-state index is 0. The summed E-state index contributed by atoms with van der Waals surface area (Å²) in [4.78, 5) is 7.38. The molecule has 2 aliphatic heterocycles. The highest BCUT2D eigenvalue weighted by atomic mass is 35.5. The van der Waals surface area contributed by atoms with Crippen molar-refractivity contribution >= 4 is 35.0 Å². The Kier molecular flexibility index (Phi) is 4.88. The number of aryl methyl sites for hydroxylation is 1. The van der Waals surface area contributed by atoms with E-state index in [4.69, 9.17) is 16.6 Å². The summed E-state index contributed by atoms with van der Waals surface area (Å²) in [6.45, 7) is 5.72. The molecule has 2 aromatic rings. The Labute approximate surface area is 148 Å². The Morgan fingerprint density at radius 1 is 1.26 bits per heavy atom. The number of hydrogen-bond donors (Lipinski definition) is 1. The highest BCUT2D eigenvalue weighted by Crippen LogP contribution is 2.39. The third kappa shape index (κ3) is 3.22. The van der Waals surface area contributed by atoms with Crippen LogP contribution in [0.25, 0.3) is 11.0 Å². The molecule has 2 saturated heterocycles. The van der Waals surface area contributed by atoms with E-state index in [-0.39, 0.29) is 12.4 Å². The predicted octanol–water partition coefficient (Wildman–Crippen LogP) is 3.22. The second-order valence-corrected chi connectivity index (χ2v) is 7.37. The van der Waals surface area contributed by atoms with Crippen molar-refractivity contribution < 1.29 is 0 Å². The maximum atomic E-state index is 6.11. The first kappa shape index (κ1) is 17.0. The Morgan fingerprint density at radius 3 is 2.83 bits per heavy atom. The Morgan fingerprint density at radius 2 is 2.04 bits per heavy atom. The van der Waals surface area contributed by atoms with Gasteiger partial charge in [0.2, 0.25) is 0 Å². The lowest BCUT2D eigenvalue weighted by atomic mass is 9.78. The molecule has 1 aromatic heterocycles. The Hall–Kier alpha value is -0.810. The smallest absolute Gasteiger partial charge is 0.123 e. The third-order valence-corrected chi connectivity index (χ3v) is 5.72. The van der Waals surface area contributed by atoms with Crippen molar-refractivity contribution in [3.05, 3.63) is 29.0 Å². The lowest BCUT2D eigenvalue weighted by Gasteiger charge is -2.33. The van der Waals surface area contributed by atoms with Crippen molar-refractivity contribution in [2.24, 2.45) is 12.5 Å². The van der Waals surface area contributed by atoms with Gasteiger partial charge in [-0.2, -0.15) is 0 Å². The number of halogens is 2. The molecule has 1 aromatic carbocycles. The molecule has 126 valence electrons. The number of fused-ring (bicyclic) bond motifs is 1. The van der Waals surface area contributed by atoms with E-state index in [2.05, 4.69) is 21.8 Å². The van der Waals surface area contributed by atoms with Crippen molar-refractivity contribution in [3.63, 3.8) is 0 Å². The van der Waals surface area contributed by atoms with Crippen molar-refractivity contribution in [3.8, 4) is 0 Å². The maximum Gasteiger partial charge on any atom is 0.123 e. The first-order chi connectivity index (χ1) is 10.7. The number of likely N-dealkylation sites (tertiary alicyclic amines) is 1. The Balaban J connectivity index is 0.00000156. The lowest BCUT2D eigenvalue weighted by molar-refractivity contribution is 0.192. The largest absolute Gasteiger partial charge is 0.330 e. The Bertz CT molecular complexity index is 691. The fraction of sp³-hybridized carbons (Fsp3) is 0.588. The molecule has 0 saturated carbocycles. The van der Waals surface area contributed by atoms with Crippen molar-refractivity contribution in [2.45, 2.75) is 25.8 Å². The first-order valence-electron chi connectivity index (χ1n) is 8.19. The van der Waals surface area contributed by atoms with E-state index in [0.29, 0.717) is 5.41 Å². The van der Waals surface area contributed by atoms with Crippen LogP contribution in [0.1, 0.15) is 25.1 Å². The molecule has 0 amide bonds. The second kappa shape index (κ2) is 6.60. The summed E-state index contributed by atoms with van der Waals surface area (Å²) in [6.07, 6.45) is 3.98. The van der Waals surface area contributed by atoms with E-state index in [1.807, 2.05) is 18.2 Å². The first-order valence-corrected chi connectivity index (χ1v) is 8.57. The normalized spacial score (nSPS) is 21.0. The standard InChI is InChI=1S/C17H23ClN4.ClH/c1-21-15-10-13(18)2-3-14(15)20-16(21)11-22-9-6-17(12-22)4-7-19-8-5-17;/h2-3,10,19H,4-9,11-12H2,1H3;1H. The second-order valence-electron chi connectivity index (χ2n) is 6.93. The molecule has 6 heteroatoms. The molecule has 0 bridgehead atoms. The van der Waals surface area contributed by atoms with E-state index < -0.39 is 0 Å². The molecule has 0 unspecified atom stereocenters. The maximum absolute atomic E-state index is 6.11. The number of imidazole rings is 1. The summed E-state index contributed by atoms with van der Waals surface area (Å²) >= 11 is 6.11. The number of nitrogens with zero attached hydrogens (tertiary/aromatic N) is 3. The number of benzene rings is 1. The van der Waals surface area contributed by atoms with Crippen LogP contribution in [0.4, 0.5) is 0 Å². The molecule has 0 radical (unpaired) electrons. The molecule has 0 aliphatic carbocycles. The summed E-state index contributed by atoms with van der Waals surface area (Å²) in [6, 6.07) is 5.94. The van der Waals surface area contributed by atoms with Gasteiger partial charge in [-0.05, 0) is 62.5 Å². The van der Waals surface area contributed by atoms with E-state index in [1.54, 1.807) is 0 Å². The zero-order valence-electron chi connectivity index (χ0n) is 13.5. The van der Waals surface area contributed by atoms with Crippen LogP contribution >= 0.6 is 24.0 Å². The van der Waals surface area contributed by atoms with Crippen molar-refractivity contribution in [1.29, 1.82) is 0 Å². The number of nitrogens with one attached hydrogen (secondary N) is 1. The van der Waals surface area contributed by atoms with E-state index in [1.165, 1.54) is 45.4 Å². The van der Waals surface area contributed by atoms with Crippen LogP contribution in [-0.2, 0) is 13.6 Å². The van der Waals surface area contributed by atoms with Gasteiger partial charge in [0.05, 0.1) is 17.6 Å². The number of rotatable bonds is 2. The number of piperidine rings is 1. The van der Waals surface area contributed by atoms with Crippen LogP contribution < -0.4 is 5.32 Å². The van der Waals surface area contributed by atoms with Crippen molar-refractivity contribution in [1.82, 2.24) is 19.8 Å². The average Bonchev–Trinajstić information content (AvgIpc) is 3.03. The monoisotopic (exact) mass is 354 g/mol. The molecular formula is C17H24Cl2N4. The fourth-order valence-electron chi connectivity index (χ4n) is 4.08. The molecule has 23 heavy (non-hydrogen) atoms. The fourth-order valence-corrected chi connectivity index (χ4v) is 4.25. The van der Waals surface area contributed by atoms with E-state index in [0.717, 1.165) is 28.4 Å². The molecule has 1 spiro atoms. The minimum Gasteiger partial charge on any atom is -0.330 e. The van der Waals surface area contributed by atoms with Gasteiger partial charge < -0.3 is 9.88 Å². The van der Waals surface area contributed by atoms with E-state index in [9.17, 15) is 0 Å². The summed E-state index contributed by atoms with van der Waals surface area (Å²) in [5.41, 5.74) is 2.72.